The molecule has 2 bridgehead atoms. The smallest absolute Gasteiger partial charge is 0.214 e. The van der Waals surface area contributed by atoms with Crippen molar-refractivity contribution in [2.45, 2.75) is 25.0 Å². The third kappa shape index (κ3) is 4.34. The van der Waals surface area contributed by atoms with Crippen molar-refractivity contribution in [3.8, 4) is 11.6 Å². The number of piperidine rings is 3. The molecule has 6 heterocycles. The Morgan fingerprint density at radius 2 is 1.82 bits per heavy atom. The minimum Gasteiger partial charge on any atom is -0.497 e. The molecule has 7 heteroatoms. The number of fused-ring (bicyclic) bond motifs is 7. The van der Waals surface area contributed by atoms with Crippen molar-refractivity contribution in [2.24, 2.45) is 11.8 Å². The molecular formula is C32H29BrN4O2. The Labute approximate surface area is 235 Å². The first kappa shape index (κ1) is 24.5. The zero-order chi connectivity index (χ0) is 26.5. The molecule has 0 radical (unpaired) electrons. The second-order valence-electron chi connectivity index (χ2n) is 10.6. The van der Waals surface area contributed by atoms with Gasteiger partial charge in [-0.05, 0) is 83.6 Å². The molecule has 6 nitrogen and oxygen atoms in total. The summed E-state index contributed by atoms with van der Waals surface area (Å²) in [7, 11) is 1.70. The number of methoxy groups -OCH3 is 1. The number of ether oxygens (including phenoxy) is 2. The molecule has 196 valence electrons. The first-order valence-electron chi connectivity index (χ1n) is 13.4. The predicted octanol–water partition coefficient (Wildman–Crippen LogP) is 7.12. The van der Waals surface area contributed by atoms with E-state index in [4.69, 9.17) is 19.4 Å². The fraction of sp³-hybridized carbons (Fsp3) is 0.281. The van der Waals surface area contributed by atoms with Crippen LogP contribution in [0.15, 0.2) is 84.1 Å². The minimum absolute atomic E-state index is 0.217. The van der Waals surface area contributed by atoms with E-state index in [1.165, 1.54) is 6.42 Å². The van der Waals surface area contributed by atoms with Crippen LogP contribution in [0.3, 0.4) is 0 Å². The highest BCUT2D eigenvalue weighted by Gasteiger charge is 2.44. The molecule has 5 atom stereocenters. The monoisotopic (exact) mass is 580 g/mol. The quantitative estimate of drug-likeness (QED) is 0.121. The molecule has 0 N–H and O–H groups in total. The van der Waals surface area contributed by atoms with Gasteiger partial charge in [-0.3, -0.25) is 9.88 Å². The van der Waals surface area contributed by atoms with Crippen LogP contribution in [0.2, 0.25) is 0 Å². The lowest BCUT2D eigenvalue weighted by Crippen LogP contribution is -2.55. The average Bonchev–Trinajstić information content (AvgIpc) is 2.99. The van der Waals surface area contributed by atoms with Crippen molar-refractivity contribution in [1.29, 1.82) is 0 Å². The summed E-state index contributed by atoms with van der Waals surface area (Å²) < 4.78 is 13.3. The highest BCUT2D eigenvalue weighted by atomic mass is 79.9. The van der Waals surface area contributed by atoms with Crippen LogP contribution in [-0.4, -0.2) is 46.1 Å². The number of halogens is 1. The summed E-state index contributed by atoms with van der Waals surface area (Å²) in [4.78, 5) is 17.0. The summed E-state index contributed by atoms with van der Waals surface area (Å²) in [6, 6.07) is 20.6. The summed E-state index contributed by atoms with van der Waals surface area (Å²) in [6.45, 7) is 6.20. The highest BCUT2D eigenvalue weighted by molar-refractivity contribution is 9.10. The van der Waals surface area contributed by atoms with Crippen LogP contribution in [0, 0.1) is 11.8 Å². The summed E-state index contributed by atoms with van der Waals surface area (Å²) in [5, 5.41) is 3.12. The van der Waals surface area contributed by atoms with Gasteiger partial charge in [-0.15, -0.1) is 6.58 Å². The lowest BCUT2D eigenvalue weighted by molar-refractivity contribution is -0.0367. The van der Waals surface area contributed by atoms with Gasteiger partial charge in [-0.1, -0.05) is 24.3 Å². The maximum absolute atomic E-state index is 6.94. The number of rotatable bonds is 6. The normalized spacial score (nSPS) is 23.2. The van der Waals surface area contributed by atoms with Crippen molar-refractivity contribution in [3.63, 3.8) is 0 Å². The SMILES string of the molecule is C=C[C@H]1CN2CC[C@H]1C[C@H]2[C@H](Oc1ccc2ccc3ccc(Br)nc3c2n1)c1ccnc2ccc(OC)cc12. The Kier molecular flexibility index (Phi) is 6.21. The second kappa shape index (κ2) is 9.88. The lowest BCUT2D eigenvalue weighted by atomic mass is 9.73. The molecule has 3 aromatic heterocycles. The van der Waals surface area contributed by atoms with Crippen LogP contribution < -0.4 is 9.47 Å². The van der Waals surface area contributed by atoms with Crippen molar-refractivity contribution in [3.05, 3.63) is 89.7 Å². The molecule has 3 fully saturated rings. The molecule has 3 saturated heterocycles. The largest absolute Gasteiger partial charge is 0.497 e. The van der Waals surface area contributed by atoms with Crippen LogP contribution in [0.25, 0.3) is 32.7 Å². The zero-order valence-corrected chi connectivity index (χ0v) is 23.3. The second-order valence-corrected chi connectivity index (χ2v) is 11.4. The lowest BCUT2D eigenvalue weighted by Gasteiger charge is -2.51. The van der Waals surface area contributed by atoms with Crippen molar-refractivity contribution in [1.82, 2.24) is 19.9 Å². The minimum atomic E-state index is -0.226. The molecule has 3 aliphatic heterocycles. The Hall–Kier alpha value is -3.55. The van der Waals surface area contributed by atoms with Crippen LogP contribution in [-0.2, 0) is 0 Å². The van der Waals surface area contributed by atoms with E-state index >= 15 is 0 Å². The molecule has 0 saturated carbocycles. The summed E-state index contributed by atoms with van der Waals surface area (Å²) in [6.07, 6.45) is 6.05. The van der Waals surface area contributed by atoms with Gasteiger partial charge in [0, 0.05) is 40.5 Å². The fourth-order valence-electron chi connectivity index (χ4n) is 6.48. The van der Waals surface area contributed by atoms with Gasteiger partial charge in [0.15, 0.2) is 0 Å². The first-order chi connectivity index (χ1) is 19.1. The van der Waals surface area contributed by atoms with E-state index in [0.29, 0.717) is 17.7 Å². The number of pyridine rings is 3. The molecule has 5 aromatic rings. The van der Waals surface area contributed by atoms with Gasteiger partial charge in [0.25, 0.3) is 0 Å². The Morgan fingerprint density at radius 3 is 2.59 bits per heavy atom. The van der Waals surface area contributed by atoms with Crippen molar-refractivity contribution >= 4 is 48.6 Å². The van der Waals surface area contributed by atoms with Gasteiger partial charge in [-0.25, -0.2) is 9.97 Å². The van der Waals surface area contributed by atoms with Crippen LogP contribution in [0.4, 0.5) is 0 Å². The number of hydrogen-bond acceptors (Lipinski definition) is 6. The standard InChI is InChI=1S/C32H29BrN4O2/c1-3-19-18-37-15-13-22(19)16-27(37)32(24-12-14-34-26-9-8-23(38-2)17-25(24)26)39-29-11-7-21-5-4-20-6-10-28(33)35-30(20)31(21)36-29/h3-12,14,17,19,22,27,32H,1,13,15-16,18H2,2H3/t19-,22-,27-,32+/m0/s1. The molecule has 39 heavy (non-hydrogen) atoms. The van der Waals surface area contributed by atoms with Gasteiger partial charge in [0.1, 0.15) is 22.0 Å². The topological polar surface area (TPSA) is 60.4 Å². The van der Waals surface area contributed by atoms with E-state index < -0.39 is 0 Å². The Morgan fingerprint density at radius 1 is 1.03 bits per heavy atom. The molecule has 2 aromatic carbocycles. The number of hydrogen-bond donors (Lipinski definition) is 0. The first-order valence-corrected chi connectivity index (χ1v) is 14.2. The molecule has 0 spiro atoms. The van der Waals surface area contributed by atoms with Crippen LogP contribution in [0.1, 0.15) is 24.5 Å². The van der Waals surface area contributed by atoms with Gasteiger partial charge in [0.05, 0.1) is 24.2 Å². The summed E-state index contributed by atoms with van der Waals surface area (Å²) in [5.41, 5.74) is 3.72. The zero-order valence-electron chi connectivity index (χ0n) is 21.8. The maximum atomic E-state index is 6.94. The van der Waals surface area contributed by atoms with E-state index in [1.54, 1.807) is 7.11 Å². The van der Waals surface area contributed by atoms with Gasteiger partial charge >= 0.3 is 0 Å². The Bertz CT molecular complexity index is 1720. The molecule has 8 rings (SSSR count). The number of benzene rings is 2. The molecule has 1 unspecified atom stereocenters. The number of aromatic nitrogens is 3. The van der Waals surface area contributed by atoms with E-state index in [9.17, 15) is 0 Å². The van der Waals surface area contributed by atoms with E-state index in [-0.39, 0.29) is 12.1 Å². The number of nitrogens with zero attached hydrogens (tertiary/aromatic N) is 4. The molecular weight excluding hydrogens is 552 g/mol. The third-order valence-corrected chi connectivity index (χ3v) is 8.94. The van der Waals surface area contributed by atoms with Gasteiger partial charge in [0.2, 0.25) is 5.88 Å². The summed E-state index contributed by atoms with van der Waals surface area (Å²) >= 11 is 3.52. The van der Waals surface area contributed by atoms with Gasteiger partial charge < -0.3 is 9.47 Å². The van der Waals surface area contributed by atoms with Crippen molar-refractivity contribution < 1.29 is 9.47 Å². The van der Waals surface area contributed by atoms with Crippen molar-refractivity contribution in [2.75, 3.05) is 20.2 Å². The predicted molar refractivity (Wildman–Crippen MR) is 158 cm³/mol. The average molecular weight is 582 g/mol. The van der Waals surface area contributed by atoms with E-state index in [2.05, 4.69) is 74.9 Å². The fourth-order valence-corrected chi connectivity index (χ4v) is 6.79. The van der Waals surface area contributed by atoms with E-state index in [0.717, 1.165) is 68.1 Å². The van der Waals surface area contributed by atoms with Crippen LogP contribution in [0.5, 0.6) is 11.6 Å². The Balaban J connectivity index is 1.36. The maximum Gasteiger partial charge on any atom is 0.214 e. The highest BCUT2D eigenvalue weighted by Crippen LogP contribution is 2.44. The third-order valence-electron chi connectivity index (χ3n) is 8.50. The summed E-state index contributed by atoms with van der Waals surface area (Å²) in [5.74, 6) is 2.54. The van der Waals surface area contributed by atoms with E-state index in [1.807, 2.05) is 30.5 Å². The molecule has 0 aliphatic carbocycles. The molecule has 0 amide bonds. The van der Waals surface area contributed by atoms with Gasteiger partial charge in [-0.2, -0.15) is 0 Å². The molecule has 3 aliphatic rings. The van der Waals surface area contributed by atoms with Crippen LogP contribution >= 0.6 is 15.9 Å².